The van der Waals surface area contributed by atoms with Gasteiger partial charge < -0.3 is 14.2 Å². The largest absolute Gasteiger partial charge is 0.481 e. The first-order valence-corrected chi connectivity index (χ1v) is 9.61. The molecule has 0 spiro atoms. The van der Waals surface area contributed by atoms with E-state index in [2.05, 4.69) is 13.2 Å². The van der Waals surface area contributed by atoms with Gasteiger partial charge in [0.2, 0.25) is 0 Å². The van der Waals surface area contributed by atoms with Gasteiger partial charge in [0.05, 0.1) is 22.3 Å². The van der Waals surface area contributed by atoms with Gasteiger partial charge in [-0.25, -0.2) is 8.42 Å². The third-order valence-electron chi connectivity index (χ3n) is 4.43. The molecule has 1 aliphatic heterocycles. The first-order chi connectivity index (χ1) is 11.9. The summed E-state index contributed by atoms with van der Waals surface area (Å²) >= 11 is 0. The number of carboxylic acid groups (broad SMARTS) is 1. The number of hydrogen-bond acceptors (Lipinski definition) is 3. The van der Waals surface area contributed by atoms with E-state index in [4.69, 9.17) is 0 Å². The van der Waals surface area contributed by atoms with E-state index in [-0.39, 0.29) is 10.6 Å². The van der Waals surface area contributed by atoms with Gasteiger partial charge in [-0.05, 0) is 18.6 Å². The lowest BCUT2D eigenvalue weighted by Crippen LogP contribution is -2.08. The van der Waals surface area contributed by atoms with Gasteiger partial charge in [-0.15, -0.1) is 13.2 Å². The summed E-state index contributed by atoms with van der Waals surface area (Å²) in [5.41, 5.74) is 1.85. The number of carbonyl (C=O) groups is 1. The zero-order chi connectivity index (χ0) is 18.2. The molecule has 1 atom stereocenters. The number of rotatable bonds is 7. The summed E-state index contributed by atoms with van der Waals surface area (Å²) in [6.45, 7) is 8.31. The number of hydrogen-bond donors (Lipinski definition) is 1. The fourth-order valence-corrected chi connectivity index (χ4v) is 4.66. The third kappa shape index (κ3) is 2.95. The summed E-state index contributed by atoms with van der Waals surface area (Å²) in [6.07, 6.45) is 7.27. The van der Waals surface area contributed by atoms with E-state index in [1.54, 1.807) is 6.08 Å². The molecule has 0 fully saturated rings. The predicted octanol–water partition coefficient (Wildman–Crippen LogP) is 2.67. The second-order valence-electron chi connectivity index (χ2n) is 6.07. The fourth-order valence-electron chi connectivity index (χ4n) is 3.35. The van der Waals surface area contributed by atoms with E-state index in [0.717, 1.165) is 5.56 Å². The molecule has 7 heteroatoms. The van der Waals surface area contributed by atoms with Crippen molar-refractivity contribution < 1.29 is 18.3 Å². The predicted molar refractivity (Wildman–Crippen MR) is 95.3 cm³/mol. The number of aromatic nitrogens is 2. The molecule has 132 valence electrons. The van der Waals surface area contributed by atoms with E-state index in [0.29, 0.717) is 30.9 Å². The van der Waals surface area contributed by atoms with Crippen LogP contribution in [0, 0.1) is 0 Å². The Morgan fingerprint density at radius 1 is 1.36 bits per heavy atom. The van der Waals surface area contributed by atoms with Crippen molar-refractivity contribution in [3.8, 4) is 11.3 Å². The van der Waals surface area contributed by atoms with Gasteiger partial charge >= 0.3 is 5.97 Å². The Morgan fingerprint density at radius 3 is 2.76 bits per heavy atom. The van der Waals surface area contributed by atoms with Gasteiger partial charge in [-0.3, -0.25) is 4.79 Å². The lowest BCUT2D eigenvalue weighted by molar-refractivity contribution is -0.138. The fraction of sp³-hybridized carbons (Fsp3) is 0.278. The zero-order valence-corrected chi connectivity index (χ0v) is 14.6. The van der Waals surface area contributed by atoms with Crippen molar-refractivity contribution in [1.29, 1.82) is 0 Å². The number of sulfone groups is 1. The van der Waals surface area contributed by atoms with Crippen LogP contribution in [0.2, 0.25) is 0 Å². The Labute approximate surface area is 146 Å². The molecule has 0 saturated heterocycles. The highest BCUT2D eigenvalue weighted by Crippen LogP contribution is 2.40. The lowest BCUT2D eigenvalue weighted by Gasteiger charge is -2.08. The van der Waals surface area contributed by atoms with Gasteiger partial charge in [0.1, 0.15) is 0 Å². The molecule has 25 heavy (non-hydrogen) atoms. The van der Waals surface area contributed by atoms with E-state index in [9.17, 15) is 18.3 Å². The second-order valence-corrected chi connectivity index (χ2v) is 8.07. The van der Waals surface area contributed by atoms with Crippen LogP contribution >= 0.6 is 0 Å². The molecule has 1 N–H and O–H groups in total. The standard InChI is InChI=1S/C18H20N2O4S/c1-3-7-19-8-5-13(12-19)17-16(25(23,24)10-4-2)11-15-14(18(21)22)6-9-20(15)17/h3-5,8,11-12,14H,1-2,6-7,9-10H2,(H,21,22). The molecule has 0 amide bonds. The molecule has 0 saturated carbocycles. The highest BCUT2D eigenvalue weighted by Gasteiger charge is 2.35. The molecule has 2 aromatic rings. The molecule has 3 rings (SSSR count). The number of aliphatic carboxylic acids is 1. The molecule has 0 aliphatic carbocycles. The third-order valence-corrected chi connectivity index (χ3v) is 6.08. The van der Waals surface area contributed by atoms with Crippen LogP contribution in [-0.4, -0.2) is 34.4 Å². The summed E-state index contributed by atoms with van der Waals surface area (Å²) in [7, 11) is -3.58. The lowest BCUT2D eigenvalue weighted by atomic mass is 10.1. The molecule has 1 unspecified atom stereocenters. The highest BCUT2D eigenvalue weighted by molar-refractivity contribution is 7.91. The van der Waals surface area contributed by atoms with Gasteiger partial charge in [0.25, 0.3) is 0 Å². The van der Waals surface area contributed by atoms with Gasteiger partial charge in [-0.2, -0.15) is 0 Å². The molecular formula is C18H20N2O4S. The topological polar surface area (TPSA) is 81.3 Å². The minimum atomic E-state index is -3.58. The Bertz CT molecular complexity index is 950. The average Bonchev–Trinajstić information content (AvgIpc) is 3.20. The molecule has 3 heterocycles. The van der Waals surface area contributed by atoms with Gasteiger partial charge in [0, 0.05) is 36.7 Å². The number of nitrogens with zero attached hydrogens (tertiary/aromatic N) is 2. The molecular weight excluding hydrogens is 340 g/mol. The van der Waals surface area contributed by atoms with E-state index in [1.165, 1.54) is 12.1 Å². The van der Waals surface area contributed by atoms with Crippen molar-refractivity contribution in [2.75, 3.05) is 5.75 Å². The van der Waals surface area contributed by atoms with Gasteiger partial charge in [0.15, 0.2) is 9.84 Å². The van der Waals surface area contributed by atoms with Crippen molar-refractivity contribution in [1.82, 2.24) is 9.13 Å². The summed E-state index contributed by atoms with van der Waals surface area (Å²) in [5, 5.41) is 9.42. The van der Waals surface area contributed by atoms with Crippen LogP contribution in [0.4, 0.5) is 0 Å². The summed E-state index contributed by atoms with van der Waals surface area (Å²) in [6, 6.07) is 3.36. The zero-order valence-electron chi connectivity index (χ0n) is 13.8. The number of fused-ring (bicyclic) bond motifs is 1. The van der Waals surface area contributed by atoms with Crippen LogP contribution in [-0.2, 0) is 27.7 Å². The number of carboxylic acids is 1. The molecule has 0 aromatic carbocycles. The molecule has 2 aromatic heterocycles. The van der Waals surface area contributed by atoms with Crippen molar-refractivity contribution >= 4 is 15.8 Å². The normalized spacial score (nSPS) is 16.6. The average molecular weight is 360 g/mol. The summed E-state index contributed by atoms with van der Waals surface area (Å²) in [5.74, 6) is -1.80. The molecule has 6 nitrogen and oxygen atoms in total. The van der Waals surface area contributed by atoms with Crippen molar-refractivity contribution in [2.45, 2.75) is 30.3 Å². The summed E-state index contributed by atoms with van der Waals surface area (Å²) < 4.78 is 29.1. The minimum absolute atomic E-state index is 0.171. The molecule has 0 radical (unpaired) electrons. The van der Waals surface area contributed by atoms with E-state index < -0.39 is 21.7 Å². The van der Waals surface area contributed by atoms with Crippen LogP contribution in [0.5, 0.6) is 0 Å². The number of allylic oxidation sites excluding steroid dienone is 1. The smallest absolute Gasteiger partial charge is 0.312 e. The van der Waals surface area contributed by atoms with Crippen molar-refractivity contribution in [3.05, 3.63) is 55.5 Å². The maximum atomic E-state index is 12.7. The maximum Gasteiger partial charge on any atom is 0.312 e. The van der Waals surface area contributed by atoms with Crippen molar-refractivity contribution in [3.63, 3.8) is 0 Å². The minimum Gasteiger partial charge on any atom is -0.481 e. The van der Waals surface area contributed by atoms with Crippen LogP contribution < -0.4 is 0 Å². The molecule has 1 aliphatic rings. The highest BCUT2D eigenvalue weighted by atomic mass is 32.2. The Kier molecular flexibility index (Phi) is 4.43. The first-order valence-electron chi connectivity index (χ1n) is 7.96. The van der Waals surface area contributed by atoms with Crippen LogP contribution in [0.3, 0.4) is 0 Å². The first kappa shape index (κ1) is 17.3. The van der Waals surface area contributed by atoms with E-state index >= 15 is 0 Å². The van der Waals surface area contributed by atoms with Crippen LogP contribution in [0.15, 0.2) is 54.7 Å². The Morgan fingerprint density at radius 2 is 2.12 bits per heavy atom. The second kappa shape index (κ2) is 6.40. The Balaban J connectivity index is 2.21. The van der Waals surface area contributed by atoms with Gasteiger partial charge in [-0.1, -0.05) is 12.2 Å². The van der Waals surface area contributed by atoms with Crippen LogP contribution in [0.1, 0.15) is 18.0 Å². The van der Waals surface area contributed by atoms with Crippen molar-refractivity contribution in [2.24, 2.45) is 0 Å². The van der Waals surface area contributed by atoms with E-state index in [1.807, 2.05) is 27.6 Å². The monoisotopic (exact) mass is 360 g/mol. The molecule has 0 bridgehead atoms. The quantitative estimate of drug-likeness (QED) is 0.770. The van der Waals surface area contributed by atoms with Crippen LogP contribution in [0.25, 0.3) is 11.3 Å². The Hall–Kier alpha value is -2.54. The summed E-state index contributed by atoms with van der Waals surface area (Å²) in [4.78, 5) is 11.7. The SMILES string of the molecule is C=CCn1ccc(-c2c(S(=O)(=O)CC=C)cc3n2CCC3C(=O)O)c1. The maximum absolute atomic E-state index is 12.7.